The predicted octanol–water partition coefficient (Wildman–Crippen LogP) is 4.13. The lowest BCUT2D eigenvalue weighted by atomic mass is 10.1. The van der Waals surface area contributed by atoms with Crippen molar-refractivity contribution in [3.05, 3.63) is 87.3 Å². The minimum atomic E-state index is -0.896. The molecular weight excluding hydrogens is 448 g/mol. The van der Waals surface area contributed by atoms with Crippen LogP contribution in [0.5, 0.6) is 0 Å². The van der Waals surface area contributed by atoms with Crippen LogP contribution in [0.3, 0.4) is 0 Å². The molecule has 5 N–H and O–H groups in total. The largest absolute Gasteiger partial charge is 0.409 e. The molecule has 3 rings (SSSR count). The first-order chi connectivity index (χ1) is 14.8. The Kier molecular flexibility index (Phi) is 6.68. The number of amidine groups is 1. The fourth-order valence-corrected chi connectivity index (χ4v) is 2.84. The molecular formula is C20H14Cl2FN5O3. The summed E-state index contributed by atoms with van der Waals surface area (Å²) >= 11 is 11.8. The number of carbonyl (C=O) groups is 2. The van der Waals surface area contributed by atoms with Crippen LogP contribution in [-0.2, 0) is 0 Å². The summed E-state index contributed by atoms with van der Waals surface area (Å²) in [6, 6.07) is 10.7. The van der Waals surface area contributed by atoms with Gasteiger partial charge >= 0.3 is 0 Å². The molecule has 0 fully saturated rings. The van der Waals surface area contributed by atoms with Gasteiger partial charge < -0.3 is 21.6 Å². The third kappa shape index (κ3) is 5.27. The lowest BCUT2D eigenvalue weighted by Gasteiger charge is -2.12. The van der Waals surface area contributed by atoms with Crippen molar-refractivity contribution in [2.75, 3.05) is 10.6 Å². The maximum atomic E-state index is 14.4. The molecule has 31 heavy (non-hydrogen) atoms. The fourth-order valence-electron chi connectivity index (χ4n) is 2.55. The van der Waals surface area contributed by atoms with Gasteiger partial charge in [-0.25, -0.2) is 9.37 Å². The Bertz CT molecular complexity index is 1190. The quantitative estimate of drug-likeness (QED) is 0.196. The van der Waals surface area contributed by atoms with Gasteiger partial charge in [-0.3, -0.25) is 9.59 Å². The second-order valence-corrected chi connectivity index (χ2v) is 7.01. The van der Waals surface area contributed by atoms with E-state index in [4.69, 9.17) is 34.1 Å². The maximum Gasteiger partial charge on any atom is 0.258 e. The molecule has 0 aliphatic heterocycles. The summed E-state index contributed by atoms with van der Waals surface area (Å²) in [6.45, 7) is 0. The van der Waals surface area contributed by atoms with Crippen LogP contribution in [-0.4, -0.2) is 27.8 Å². The normalized spacial score (nSPS) is 11.1. The van der Waals surface area contributed by atoms with Gasteiger partial charge in [-0.1, -0.05) is 34.4 Å². The molecule has 3 aromatic rings. The Morgan fingerprint density at radius 3 is 2.32 bits per heavy atom. The van der Waals surface area contributed by atoms with Gasteiger partial charge in [0.1, 0.15) is 11.6 Å². The van der Waals surface area contributed by atoms with Gasteiger partial charge in [-0.2, -0.15) is 0 Å². The standard InChI is InChI=1S/C20H14Cl2FN5O3/c21-11-2-5-16(14(8-11)20(30)27-17-6-3-12(22)9-25-17)26-19(29)13-4-1-10(7-15(13)23)18(24)28-31/h1-9,31H,(H2,24,28)(H,26,29)(H,25,27,30). The van der Waals surface area contributed by atoms with Crippen molar-refractivity contribution in [2.45, 2.75) is 0 Å². The Balaban J connectivity index is 1.86. The molecule has 0 bridgehead atoms. The molecule has 0 radical (unpaired) electrons. The van der Waals surface area contributed by atoms with Crippen LogP contribution >= 0.6 is 23.2 Å². The topological polar surface area (TPSA) is 130 Å². The third-order valence-corrected chi connectivity index (χ3v) is 4.52. The van der Waals surface area contributed by atoms with E-state index in [-0.39, 0.29) is 39.1 Å². The monoisotopic (exact) mass is 461 g/mol. The number of carbonyl (C=O) groups excluding carboxylic acids is 2. The fraction of sp³-hybridized carbons (Fsp3) is 0. The van der Waals surface area contributed by atoms with Crippen LogP contribution in [0.4, 0.5) is 15.9 Å². The number of amides is 2. The molecule has 158 valence electrons. The van der Waals surface area contributed by atoms with Crippen LogP contribution < -0.4 is 16.4 Å². The maximum absolute atomic E-state index is 14.4. The zero-order chi connectivity index (χ0) is 22.5. The molecule has 0 spiro atoms. The van der Waals surface area contributed by atoms with Crippen molar-refractivity contribution in [1.29, 1.82) is 0 Å². The van der Waals surface area contributed by atoms with Crippen LogP contribution in [0.15, 0.2) is 59.9 Å². The number of pyridine rings is 1. The van der Waals surface area contributed by atoms with Crippen molar-refractivity contribution >= 4 is 52.4 Å². The minimum Gasteiger partial charge on any atom is -0.409 e. The summed E-state index contributed by atoms with van der Waals surface area (Å²) in [5, 5.41) is 17.1. The molecule has 0 aliphatic rings. The van der Waals surface area contributed by atoms with Crippen molar-refractivity contribution in [3.63, 3.8) is 0 Å². The molecule has 0 saturated carbocycles. The summed E-state index contributed by atoms with van der Waals surface area (Å²) < 4.78 is 14.4. The van der Waals surface area contributed by atoms with E-state index in [2.05, 4.69) is 20.8 Å². The molecule has 0 unspecified atom stereocenters. The second-order valence-electron chi connectivity index (χ2n) is 6.14. The molecule has 1 aromatic heterocycles. The Hall–Kier alpha value is -3.69. The number of benzene rings is 2. The lowest BCUT2D eigenvalue weighted by Crippen LogP contribution is -2.20. The zero-order valence-corrected chi connectivity index (χ0v) is 17.1. The average molecular weight is 462 g/mol. The van der Waals surface area contributed by atoms with Crippen molar-refractivity contribution in [3.8, 4) is 0 Å². The lowest BCUT2D eigenvalue weighted by molar-refractivity contribution is 0.102. The number of nitrogens with two attached hydrogens (primary N) is 1. The Labute approximate surface area is 185 Å². The summed E-state index contributed by atoms with van der Waals surface area (Å²) in [7, 11) is 0. The number of halogens is 3. The van der Waals surface area contributed by atoms with E-state index in [1.165, 1.54) is 42.6 Å². The number of anilines is 2. The van der Waals surface area contributed by atoms with Crippen LogP contribution in [0, 0.1) is 5.82 Å². The van der Waals surface area contributed by atoms with Gasteiger partial charge in [-0.15, -0.1) is 0 Å². The molecule has 0 atom stereocenters. The third-order valence-electron chi connectivity index (χ3n) is 4.06. The van der Waals surface area contributed by atoms with E-state index >= 15 is 0 Å². The van der Waals surface area contributed by atoms with E-state index in [1.807, 2.05) is 0 Å². The van der Waals surface area contributed by atoms with Crippen molar-refractivity contribution < 1.29 is 19.2 Å². The second kappa shape index (κ2) is 9.41. The Morgan fingerprint density at radius 2 is 1.68 bits per heavy atom. The van der Waals surface area contributed by atoms with E-state index in [0.717, 1.165) is 6.07 Å². The van der Waals surface area contributed by atoms with E-state index in [9.17, 15) is 14.0 Å². The number of hydrogen-bond donors (Lipinski definition) is 4. The number of hydrogen-bond acceptors (Lipinski definition) is 5. The summed E-state index contributed by atoms with van der Waals surface area (Å²) in [5.74, 6) is -2.39. The highest BCUT2D eigenvalue weighted by molar-refractivity contribution is 6.31. The van der Waals surface area contributed by atoms with Gasteiger partial charge in [0.25, 0.3) is 11.8 Å². The first kappa shape index (κ1) is 22.0. The molecule has 0 aliphatic carbocycles. The van der Waals surface area contributed by atoms with E-state index < -0.39 is 17.6 Å². The number of aromatic nitrogens is 1. The van der Waals surface area contributed by atoms with Gasteiger partial charge in [-0.05, 0) is 42.5 Å². The molecule has 2 aromatic carbocycles. The SMILES string of the molecule is NC(=NO)c1ccc(C(=O)Nc2ccc(Cl)cc2C(=O)Nc2ccc(Cl)cn2)c(F)c1. The highest BCUT2D eigenvalue weighted by Gasteiger charge is 2.18. The number of nitrogens with zero attached hydrogens (tertiary/aromatic N) is 2. The van der Waals surface area contributed by atoms with Crippen LogP contribution in [0.25, 0.3) is 0 Å². The highest BCUT2D eigenvalue weighted by Crippen LogP contribution is 2.23. The molecule has 0 saturated heterocycles. The highest BCUT2D eigenvalue weighted by atomic mass is 35.5. The number of rotatable bonds is 5. The summed E-state index contributed by atoms with van der Waals surface area (Å²) in [4.78, 5) is 29.3. The number of oxime groups is 1. The summed E-state index contributed by atoms with van der Waals surface area (Å²) in [5.41, 5.74) is 5.33. The molecule has 1 heterocycles. The predicted molar refractivity (Wildman–Crippen MR) is 116 cm³/mol. The van der Waals surface area contributed by atoms with Gasteiger partial charge in [0.2, 0.25) is 0 Å². The first-order valence-electron chi connectivity index (χ1n) is 8.59. The van der Waals surface area contributed by atoms with E-state index in [1.54, 1.807) is 6.07 Å². The molecule has 11 heteroatoms. The molecule has 8 nitrogen and oxygen atoms in total. The van der Waals surface area contributed by atoms with Crippen LogP contribution in [0.2, 0.25) is 10.0 Å². The van der Waals surface area contributed by atoms with Crippen molar-refractivity contribution in [2.24, 2.45) is 10.9 Å². The van der Waals surface area contributed by atoms with Gasteiger partial charge in [0.05, 0.1) is 21.8 Å². The van der Waals surface area contributed by atoms with Gasteiger partial charge in [0.15, 0.2) is 5.84 Å². The Morgan fingerprint density at radius 1 is 0.968 bits per heavy atom. The van der Waals surface area contributed by atoms with Crippen LogP contribution in [0.1, 0.15) is 26.3 Å². The van der Waals surface area contributed by atoms with Crippen molar-refractivity contribution in [1.82, 2.24) is 4.98 Å². The minimum absolute atomic E-state index is 0.0336. The van der Waals surface area contributed by atoms with Gasteiger partial charge in [0, 0.05) is 16.8 Å². The zero-order valence-electron chi connectivity index (χ0n) is 15.6. The summed E-state index contributed by atoms with van der Waals surface area (Å²) in [6.07, 6.45) is 1.36. The molecule has 2 amide bonds. The number of nitrogens with one attached hydrogen (secondary N) is 2. The smallest absolute Gasteiger partial charge is 0.258 e. The average Bonchev–Trinajstić information content (AvgIpc) is 2.75. The van der Waals surface area contributed by atoms with E-state index in [0.29, 0.717) is 5.02 Å². The first-order valence-corrected chi connectivity index (χ1v) is 9.35.